The molecule has 0 amide bonds. The summed E-state index contributed by atoms with van der Waals surface area (Å²) in [6.45, 7) is -1.40. The zero-order valence-corrected chi connectivity index (χ0v) is 14.6. The maximum absolute atomic E-state index is 10.7. The fourth-order valence-corrected chi connectivity index (χ4v) is 4.78. The van der Waals surface area contributed by atoms with Gasteiger partial charge in [0.15, 0.2) is 18.0 Å². The van der Waals surface area contributed by atoms with E-state index in [1.54, 1.807) is 4.57 Å². The van der Waals surface area contributed by atoms with Crippen molar-refractivity contribution in [3.8, 4) is 0 Å². The first-order chi connectivity index (χ1) is 10.7. The second-order valence-corrected chi connectivity index (χ2v) is 9.78. The summed E-state index contributed by atoms with van der Waals surface area (Å²) in [5.74, 6) is 0.276. The Bertz CT molecular complexity index is 779. The third-order valence-electron chi connectivity index (χ3n) is 2.47. The van der Waals surface area contributed by atoms with Crippen molar-refractivity contribution >= 4 is 43.1 Å². The van der Waals surface area contributed by atoms with Gasteiger partial charge in [0.2, 0.25) is 0 Å². The number of ether oxygens (including phenoxy) is 1. The van der Waals surface area contributed by atoms with Crippen molar-refractivity contribution in [2.45, 2.75) is 6.73 Å². The van der Waals surface area contributed by atoms with Gasteiger partial charge in [-0.1, -0.05) is 0 Å². The van der Waals surface area contributed by atoms with E-state index in [2.05, 4.69) is 19.3 Å². The molecule has 4 N–H and O–H groups in total. The van der Waals surface area contributed by atoms with E-state index in [9.17, 15) is 4.57 Å². The van der Waals surface area contributed by atoms with E-state index in [1.165, 1.54) is 19.3 Å². The average Bonchev–Trinajstić information content (AvgIpc) is 2.80. The number of rotatable bonds is 8. The van der Waals surface area contributed by atoms with E-state index in [0.29, 0.717) is 11.2 Å². The van der Waals surface area contributed by atoms with E-state index < -0.39 is 14.3 Å². The van der Waals surface area contributed by atoms with Crippen molar-refractivity contribution in [3.05, 3.63) is 12.7 Å². The zero-order valence-electron chi connectivity index (χ0n) is 12.0. The highest BCUT2D eigenvalue weighted by Gasteiger charge is 2.24. The molecule has 0 aliphatic heterocycles. The lowest BCUT2D eigenvalue weighted by molar-refractivity contribution is 0.0559. The maximum Gasteiger partial charge on any atom is 0.475 e. The lowest BCUT2D eigenvalue weighted by Gasteiger charge is -2.17. The Morgan fingerprint density at radius 2 is 2.09 bits per heavy atom. The molecule has 2 aromatic rings. The van der Waals surface area contributed by atoms with Gasteiger partial charge in [0, 0.05) is 6.66 Å². The molecule has 0 bridgehead atoms. The van der Waals surface area contributed by atoms with Gasteiger partial charge in [-0.25, -0.2) is 23.8 Å². The van der Waals surface area contributed by atoms with Gasteiger partial charge >= 0.3 is 7.82 Å². The second kappa shape index (κ2) is 7.29. The van der Waals surface area contributed by atoms with E-state index in [4.69, 9.17) is 36.6 Å². The summed E-state index contributed by atoms with van der Waals surface area (Å²) in [5.41, 5.74) is 6.68. The van der Waals surface area contributed by atoms with Gasteiger partial charge in [-0.15, -0.1) is 0 Å². The average molecular weight is 383 g/mol. The van der Waals surface area contributed by atoms with Crippen LogP contribution < -0.4 is 5.73 Å². The Labute approximate surface area is 136 Å². The van der Waals surface area contributed by atoms with Gasteiger partial charge in [0.05, 0.1) is 19.5 Å². The molecule has 0 aliphatic carbocycles. The number of hydrogen-bond donors (Lipinski definition) is 3. The Morgan fingerprint density at radius 1 is 1.35 bits per heavy atom. The van der Waals surface area contributed by atoms with Crippen LogP contribution in [-0.4, -0.2) is 49.2 Å². The van der Waals surface area contributed by atoms with Crippen molar-refractivity contribution in [1.82, 2.24) is 19.5 Å². The molecule has 14 heteroatoms. The fourth-order valence-electron chi connectivity index (χ4n) is 1.63. The first-order valence-electron chi connectivity index (χ1n) is 6.16. The van der Waals surface area contributed by atoms with Gasteiger partial charge in [0.1, 0.15) is 18.6 Å². The number of imidazole rings is 1. The van der Waals surface area contributed by atoms with Crippen LogP contribution in [-0.2, 0) is 36.7 Å². The highest BCUT2D eigenvalue weighted by atomic mass is 32.5. The fraction of sp³-hybridized carbons (Fsp3) is 0.444. The van der Waals surface area contributed by atoms with E-state index in [-0.39, 0.29) is 25.8 Å². The molecule has 0 aliphatic rings. The summed E-state index contributed by atoms with van der Waals surface area (Å²) >= 11 is 4.87. The minimum absolute atomic E-state index is 0.0253. The summed E-state index contributed by atoms with van der Waals surface area (Å²) in [5, 5.41) is 0. The highest BCUT2D eigenvalue weighted by Crippen LogP contribution is 2.58. The Morgan fingerprint density at radius 3 is 2.78 bits per heavy atom. The van der Waals surface area contributed by atoms with E-state index >= 15 is 0 Å². The monoisotopic (exact) mass is 383 g/mol. The molecule has 2 aromatic heterocycles. The van der Waals surface area contributed by atoms with Crippen LogP contribution in [0, 0.1) is 0 Å². The molecule has 0 radical (unpaired) electrons. The summed E-state index contributed by atoms with van der Waals surface area (Å²) in [7, 11) is -4.67. The molecule has 2 rings (SSSR count). The van der Waals surface area contributed by atoms with Crippen LogP contribution in [0.2, 0.25) is 0 Å². The number of phosphoric acid groups is 1. The second-order valence-electron chi connectivity index (χ2n) is 4.36. The Balaban J connectivity index is 1.80. The first-order valence-corrected chi connectivity index (χ1v) is 10.8. The SMILES string of the molecule is CP(=S)(OCCOCn1cnc2c(N)ncnc21)OP(=O)(O)O. The van der Waals surface area contributed by atoms with Gasteiger partial charge in [-0.2, -0.15) is 0 Å². The minimum Gasteiger partial charge on any atom is -0.382 e. The Hall–Kier alpha value is -0.970. The van der Waals surface area contributed by atoms with Crippen LogP contribution in [0.25, 0.3) is 11.2 Å². The largest absolute Gasteiger partial charge is 0.475 e. The van der Waals surface area contributed by atoms with Crippen LogP contribution in [0.4, 0.5) is 5.82 Å². The van der Waals surface area contributed by atoms with Crippen LogP contribution in [0.3, 0.4) is 0 Å². The first kappa shape index (κ1) is 18.4. The molecule has 1 unspecified atom stereocenters. The number of nitrogens with two attached hydrogens (primary N) is 1. The molecule has 128 valence electrons. The molecule has 23 heavy (non-hydrogen) atoms. The summed E-state index contributed by atoms with van der Waals surface area (Å²) in [6.07, 6.45) is 2.84. The van der Waals surface area contributed by atoms with Crippen molar-refractivity contribution in [1.29, 1.82) is 0 Å². The smallest absolute Gasteiger partial charge is 0.382 e. The van der Waals surface area contributed by atoms with Gasteiger partial charge in [-0.05, 0) is 11.8 Å². The van der Waals surface area contributed by atoms with Gasteiger partial charge < -0.3 is 24.8 Å². The van der Waals surface area contributed by atoms with Gasteiger partial charge in [-0.3, -0.25) is 4.57 Å². The summed E-state index contributed by atoms with van der Waals surface area (Å²) < 4.78 is 27.3. The van der Waals surface area contributed by atoms with Crippen molar-refractivity contribution in [2.24, 2.45) is 0 Å². The zero-order chi connectivity index (χ0) is 17.1. The number of nitrogen functional groups attached to an aromatic ring is 1. The molecule has 0 saturated carbocycles. The Kier molecular flexibility index (Phi) is 5.82. The number of nitrogens with zero attached hydrogens (tertiary/aromatic N) is 4. The highest BCUT2D eigenvalue weighted by molar-refractivity contribution is 8.10. The van der Waals surface area contributed by atoms with Crippen LogP contribution >= 0.6 is 14.3 Å². The molecular weight excluding hydrogens is 368 g/mol. The minimum atomic E-state index is -4.67. The number of fused-ring (bicyclic) bond motifs is 1. The van der Waals surface area contributed by atoms with Gasteiger partial charge in [0.25, 0.3) is 0 Å². The quantitative estimate of drug-likeness (QED) is 0.430. The molecular formula is C9H15N5O6P2S. The third kappa shape index (κ3) is 5.55. The number of anilines is 1. The molecule has 0 fully saturated rings. The van der Waals surface area contributed by atoms with Crippen LogP contribution in [0.1, 0.15) is 0 Å². The van der Waals surface area contributed by atoms with Crippen molar-refractivity contribution in [2.75, 3.05) is 25.6 Å². The van der Waals surface area contributed by atoms with Crippen LogP contribution in [0.15, 0.2) is 12.7 Å². The molecule has 11 nitrogen and oxygen atoms in total. The summed E-state index contributed by atoms with van der Waals surface area (Å²) in [6, 6.07) is 0. The third-order valence-corrected chi connectivity index (χ3v) is 6.07. The molecule has 0 aromatic carbocycles. The summed E-state index contributed by atoms with van der Waals surface area (Å²) in [4.78, 5) is 29.4. The predicted octanol–water partition coefficient (Wildman–Crippen LogP) is 0.448. The lowest BCUT2D eigenvalue weighted by atomic mass is 10.5. The van der Waals surface area contributed by atoms with E-state index in [0.717, 1.165) is 0 Å². The van der Waals surface area contributed by atoms with Crippen molar-refractivity contribution < 1.29 is 27.9 Å². The normalized spacial score (nSPS) is 14.9. The molecule has 0 saturated heterocycles. The van der Waals surface area contributed by atoms with E-state index in [1.807, 2.05) is 0 Å². The lowest BCUT2D eigenvalue weighted by Crippen LogP contribution is -2.08. The molecule has 1 atom stereocenters. The maximum atomic E-state index is 10.7. The predicted molar refractivity (Wildman–Crippen MR) is 85.0 cm³/mol. The standard InChI is InChI=1S/C9H15N5O6P2S/c1-21(23,20-22(15,16)17)19-3-2-18-6-14-5-13-7-8(10)11-4-12-9(7)14/h4-5H,2-3,6H2,1H3,(H2,10,11,12)(H2,15,16,17). The number of aromatic nitrogens is 4. The number of hydrogen-bond acceptors (Lipinski definition) is 9. The molecule has 2 heterocycles. The van der Waals surface area contributed by atoms with Crippen LogP contribution in [0.5, 0.6) is 0 Å². The van der Waals surface area contributed by atoms with Crippen molar-refractivity contribution in [3.63, 3.8) is 0 Å². The topological polar surface area (TPSA) is 155 Å². The molecule has 0 spiro atoms.